The van der Waals surface area contributed by atoms with Gasteiger partial charge in [0.1, 0.15) is 5.00 Å². The number of carboxylic acid groups (broad SMARTS) is 1. The molecule has 0 aliphatic carbocycles. The molecule has 0 aliphatic heterocycles. The van der Waals surface area contributed by atoms with Gasteiger partial charge >= 0.3 is 11.9 Å². The number of carbonyl (C=O) groups excluding carboxylic acids is 2. The Morgan fingerprint density at radius 1 is 1.35 bits per heavy atom. The van der Waals surface area contributed by atoms with Gasteiger partial charge < -0.3 is 15.2 Å². The molecule has 6 nitrogen and oxygen atoms in total. The zero-order chi connectivity index (χ0) is 15.3. The van der Waals surface area contributed by atoms with E-state index in [0.29, 0.717) is 10.6 Å². The molecule has 2 N–H and O–H groups in total. The van der Waals surface area contributed by atoms with Crippen molar-refractivity contribution in [3.63, 3.8) is 0 Å². The van der Waals surface area contributed by atoms with Crippen molar-refractivity contribution >= 4 is 34.2 Å². The average molecular weight is 299 g/mol. The molecule has 0 bridgehead atoms. The summed E-state index contributed by atoms with van der Waals surface area (Å²) in [7, 11) is 1.27. The summed E-state index contributed by atoms with van der Waals surface area (Å²) in [4.78, 5) is 34.7. The number of hydrogen-bond acceptors (Lipinski definition) is 5. The van der Waals surface area contributed by atoms with Gasteiger partial charge in [-0.2, -0.15) is 0 Å². The van der Waals surface area contributed by atoms with E-state index in [1.807, 2.05) is 13.8 Å². The Labute approximate surface area is 120 Å². The van der Waals surface area contributed by atoms with Crippen LogP contribution >= 0.6 is 11.3 Å². The number of aliphatic carboxylic acids is 1. The van der Waals surface area contributed by atoms with Gasteiger partial charge in [0, 0.05) is 11.3 Å². The molecule has 1 rings (SSSR count). The number of carboxylic acids is 1. The van der Waals surface area contributed by atoms with Gasteiger partial charge in [-0.25, -0.2) is 4.79 Å². The number of nitrogens with one attached hydrogen (secondary N) is 1. The van der Waals surface area contributed by atoms with Crippen molar-refractivity contribution in [3.8, 4) is 0 Å². The number of hydrogen-bond donors (Lipinski definition) is 2. The number of carbonyl (C=O) groups is 3. The van der Waals surface area contributed by atoms with Crippen molar-refractivity contribution in [1.82, 2.24) is 0 Å². The van der Waals surface area contributed by atoms with Crippen LogP contribution in [-0.4, -0.2) is 30.1 Å². The Morgan fingerprint density at radius 3 is 2.50 bits per heavy atom. The van der Waals surface area contributed by atoms with E-state index in [9.17, 15) is 14.4 Å². The van der Waals surface area contributed by atoms with Crippen LogP contribution in [0.3, 0.4) is 0 Å². The molecule has 20 heavy (non-hydrogen) atoms. The molecule has 1 heterocycles. The first-order chi connectivity index (χ1) is 9.35. The molecule has 0 aromatic carbocycles. The molecular weight excluding hydrogens is 282 g/mol. The minimum atomic E-state index is -1.04. The number of thiophene rings is 1. The van der Waals surface area contributed by atoms with Crippen LogP contribution in [0.5, 0.6) is 0 Å². The van der Waals surface area contributed by atoms with Gasteiger partial charge in [0.2, 0.25) is 5.91 Å². The predicted molar refractivity (Wildman–Crippen MR) is 75.2 cm³/mol. The highest BCUT2D eigenvalue weighted by atomic mass is 32.1. The number of amides is 1. The molecule has 0 saturated carbocycles. The third-order valence-electron chi connectivity index (χ3n) is 2.54. The first-order valence-corrected chi connectivity index (χ1v) is 6.90. The largest absolute Gasteiger partial charge is 0.481 e. The van der Waals surface area contributed by atoms with Crippen molar-refractivity contribution in [3.05, 3.63) is 16.5 Å². The van der Waals surface area contributed by atoms with Crippen LogP contribution in [0.15, 0.2) is 6.07 Å². The van der Waals surface area contributed by atoms with Crippen LogP contribution in [0.1, 0.15) is 47.8 Å². The van der Waals surface area contributed by atoms with Gasteiger partial charge in [-0.1, -0.05) is 13.8 Å². The van der Waals surface area contributed by atoms with Gasteiger partial charge in [0.05, 0.1) is 19.1 Å². The number of methoxy groups -OCH3 is 1. The summed E-state index contributed by atoms with van der Waals surface area (Å²) in [5, 5.41) is 11.5. The van der Waals surface area contributed by atoms with Gasteiger partial charge in [-0.3, -0.25) is 9.59 Å². The van der Waals surface area contributed by atoms with Crippen LogP contribution in [0.4, 0.5) is 5.00 Å². The lowest BCUT2D eigenvalue weighted by atomic mass is 10.1. The lowest BCUT2D eigenvalue weighted by Gasteiger charge is -2.04. The molecule has 7 heteroatoms. The Morgan fingerprint density at radius 2 is 2.00 bits per heavy atom. The van der Waals surface area contributed by atoms with E-state index in [1.165, 1.54) is 18.4 Å². The zero-order valence-corrected chi connectivity index (χ0v) is 12.4. The summed E-state index contributed by atoms with van der Waals surface area (Å²) in [5.41, 5.74) is 0.296. The fraction of sp³-hybridized carbons (Fsp3) is 0.462. The van der Waals surface area contributed by atoms with Crippen molar-refractivity contribution in [2.24, 2.45) is 0 Å². The van der Waals surface area contributed by atoms with E-state index < -0.39 is 17.8 Å². The highest BCUT2D eigenvalue weighted by Crippen LogP contribution is 2.33. The van der Waals surface area contributed by atoms with Crippen LogP contribution < -0.4 is 5.32 Å². The molecule has 1 amide bonds. The number of rotatable bonds is 6. The Kier molecular flexibility index (Phi) is 5.69. The minimum absolute atomic E-state index is 0.134. The smallest absolute Gasteiger partial charge is 0.340 e. The normalized spacial score (nSPS) is 10.4. The molecular formula is C13H17NO5S. The molecule has 110 valence electrons. The van der Waals surface area contributed by atoms with Gasteiger partial charge in [0.25, 0.3) is 0 Å². The minimum Gasteiger partial charge on any atom is -0.481 e. The van der Waals surface area contributed by atoms with Crippen LogP contribution in [-0.2, 0) is 14.3 Å². The SMILES string of the molecule is COC(=O)c1cc(C(C)C)sc1NC(=O)CCC(=O)O. The molecule has 0 unspecified atom stereocenters. The highest BCUT2D eigenvalue weighted by Gasteiger charge is 2.19. The third-order valence-corrected chi connectivity index (χ3v) is 3.90. The molecule has 1 aromatic rings. The van der Waals surface area contributed by atoms with Crippen LogP contribution in [0, 0.1) is 0 Å². The van der Waals surface area contributed by atoms with Crippen LogP contribution in [0.2, 0.25) is 0 Å². The second-order valence-corrected chi connectivity index (χ2v) is 5.56. The van der Waals surface area contributed by atoms with E-state index in [-0.39, 0.29) is 18.8 Å². The topological polar surface area (TPSA) is 92.7 Å². The summed E-state index contributed by atoms with van der Waals surface area (Å²) >= 11 is 1.29. The molecule has 1 aromatic heterocycles. The fourth-order valence-electron chi connectivity index (χ4n) is 1.46. The van der Waals surface area contributed by atoms with Crippen molar-refractivity contribution in [1.29, 1.82) is 0 Å². The Bertz CT molecular complexity index is 521. The van der Waals surface area contributed by atoms with Crippen LogP contribution in [0.25, 0.3) is 0 Å². The lowest BCUT2D eigenvalue weighted by Crippen LogP contribution is -2.14. The van der Waals surface area contributed by atoms with E-state index in [1.54, 1.807) is 6.07 Å². The summed E-state index contributed by atoms with van der Waals surface area (Å²) in [6.07, 6.45) is -0.382. The summed E-state index contributed by atoms with van der Waals surface area (Å²) in [6.45, 7) is 3.95. The second kappa shape index (κ2) is 7.04. The molecule has 0 spiro atoms. The van der Waals surface area contributed by atoms with E-state index in [0.717, 1.165) is 4.88 Å². The second-order valence-electron chi connectivity index (χ2n) is 4.48. The maximum atomic E-state index is 11.7. The van der Waals surface area contributed by atoms with Crippen molar-refractivity contribution in [2.45, 2.75) is 32.6 Å². The van der Waals surface area contributed by atoms with E-state index in [4.69, 9.17) is 5.11 Å². The highest BCUT2D eigenvalue weighted by molar-refractivity contribution is 7.16. The molecule has 0 fully saturated rings. The fourth-order valence-corrected chi connectivity index (χ4v) is 2.52. The summed E-state index contributed by atoms with van der Waals surface area (Å²) < 4.78 is 4.67. The monoisotopic (exact) mass is 299 g/mol. The summed E-state index contributed by atoms with van der Waals surface area (Å²) in [6, 6.07) is 1.69. The molecule has 0 atom stereocenters. The molecule has 0 aliphatic rings. The maximum absolute atomic E-state index is 11.7. The van der Waals surface area contributed by atoms with E-state index in [2.05, 4.69) is 10.1 Å². The number of ether oxygens (including phenoxy) is 1. The van der Waals surface area contributed by atoms with Gasteiger partial charge in [-0.05, 0) is 12.0 Å². The average Bonchev–Trinajstić information content (AvgIpc) is 2.79. The first-order valence-electron chi connectivity index (χ1n) is 6.08. The molecule has 0 radical (unpaired) electrons. The lowest BCUT2D eigenvalue weighted by molar-refractivity contribution is -0.138. The number of esters is 1. The quantitative estimate of drug-likeness (QED) is 0.787. The predicted octanol–water partition coefficient (Wildman–Crippen LogP) is 2.46. The van der Waals surface area contributed by atoms with Crippen molar-refractivity contribution < 1.29 is 24.2 Å². The first kappa shape index (κ1) is 16.2. The Balaban J connectivity index is 2.89. The molecule has 0 saturated heterocycles. The van der Waals surface area contributed by atoms with Gasteiger partial charge in [-0.15, -0.1) is 11.3 Å². The summed E-state index contributed by atoms with van der Waals surface area (Å²) in [5.74, 6) is -1.79. The van der Waals surface area contributed by atoms with E-state index >= 15 is 0 Å². The van der Waals surface area contributed by atoms with Crippen molar-refractivity contribution in [2.75, 3.05) is 12.4 Å². The Hall–Kier alpha value is -1.89. The number of anilines is 1. The third kappa shape index (κ3) is 4.34. The zero-order valence-electron chi connectivity index (χ0n) is 11.6. The standard InChI is InChI=1S/C13H17NO5S/c1-7(2)9-6-8(13(18)19-3)12(20-9)14-10(15)4-5-11(16)17/h6-7H,4-5H2,1-3H3,(H,14,15)(H,16,17). The van der Waals surface area contributed by atoms with Gasteiger partial charge in [0.15, 0.2) is 0 Å². The maximum Gasteiger partial charge on any atom is 0.340 e.